The Morgan fingerprint density at radius 3 is 3.00 bits per heavy atom. The molecule has 7 heteroatoms. The first-order valence-corrected chi connectivity index (χ1v) is 8.80. The summed E-state index contributed by atoms with van der Waals surface area (Å²) in [6.07, 6.45) is 6.06. The average Bonchev–Trinajstić information content (AvgIpc) is 3.22. The molecular formula is C17H25N7. The Bertz CT molecular complexity index is 719. The predicted molar refractivity (Wildman–Crippen MR) is 93.9 cm³/mol. The van der Waals surface area contributed by atoms with E-state index in [9.17, 15) is 0 Å². The third-order valence-electron chi connectivity index (χ3n) is 4.96. The molecular weight excluding hydrogens is 302 g/mol. The number of guanidine groups is 1. The molecule has 2 aromatic heterocycles. The highest BCUT2D eigenvalue weighted by Gasteiger charge is 2.34. The Balaban J connectivity index is 1.27. The number of aliphatic imine (C=N–C) groups is 1. The lowest BCUT2D eigenvalue weighted by atomic mass is 10.1. The van der Waals surface area contributed by atoms with E-state index in [1.807, 2.05) is 35.8 Å². The number of nitrogens with zero attached hydrogens (tertiary/aromatic N) is 5. The van der Waals surface area contributed by atoms with Crippen LogP contribution in [0.4, 0.5) is 0 Å². The lowest BCUT2D eigenvalue weighted by Gasteiger charge is -2.16. The molecule has 2 aliphatic rings. The molecule has 1 saturated heterocycles. The lowest BCUT2D eigenvalue weighted by molar-refractivity contribution is 0.314. The van der Waals surface area contributed by atoms with Crippen molar-refractivity contribution < 1.29 is 0 Å². The van der Waals surface area contributed by atoms with E-state index >= 15 is 0 Å². The van der Waals surface area contributed by atoms with Crippen molar-refractivity contribution in [3.05, 3.63) is 30.2 Å². The van der Waals surface area contributed by atoms with Crippen LogP contribution in [-0.4, -0.2) is 58.2 Å². The van der Waals surface area contributed by atoms with Gasteiger partial charge >= 0.3 is 0 Å². The van der Waals surface area contributed by atoms with Gasteiger partial charge in [-0.25, -0.2) is 0 Å². The van der Waals surface area contributed by atoms with Gasteiger partial charge in [0, 0.05) is 32.4 Å². The van der Waals surface area contributed by atoms with Gasteiger partial charge in [0.25, 0.3) is 0 Å². The van der Waals surface area contributed by atoms with Crippen molar-refractivity contribution in [3.8, 4) is 0 Å². The van der Waals surface area contributed by atoms with Crippen LogP contribution in [0, 0.1) is 5.92 Å². The molecule has 24 heavy (non-hydrogen) atoms. The monoisotopic (exact) mass is 327 g/mol. The molecule has 1 atom stereocenters. The van der Waals surface area contributed by atoms with E-state index in [0.29, 0.717) is 6.54 Å². The number of pyridine rings is 1. The minimum absolute atomic E-state index is 0.601. The molecule has 2 fully saturated rings. The van der Waals surface area contributed by atoms with Gasteiger partial charge in [0.2, 0.25) is 0 Å². The number of fused-ring (bicyclic) bond motifs is 1. The van der Waals surface area contributed by atoms with Crippen molar-refractivity contribution >= 4 is 11.6 Å². The Morgan fingerprint density at radius 1 is 1.25 bits per heavy atom. The van der Waals surface area contributed by atoms with Crippen LogP contribution in [-0.2, 0) is 6.54 Å². The van der Waals surface area contributed by atoms with Gasteiger partial charge in [-0.2, -0.15) is 0 Å². The largest absolute Gasteiger partial charge is 0.356 e. The van der Waals surface area contributed by atoms with Gasteiger partial charge < -0.3 is 15.5 Å². The SMILES string of the molecule is CN=C(NCc1nnc2ccccn12)NCC1CCN(C2CC2)C1. The molecule has 0 amide bonds. The third kappa shape index (κ3) is 3.36. The average molecular weight is 327 g/mol. The highest BCUT2D eigenvalue weighted by atomic mass is 15.3. The fraction of sp³-hybridized carbons (Fsp3) is 0.588. The summed E-state index contributed by atoms with van der Waals surface area (Å²) in [4.78, 5) is 6.96. The predicted octanol–water partition coefficient (Wildman–Crippen LogP) is 0.879. The smallest absolute Gasteiger partial charge is 0.191 e. The summed E-state index contributed by atoms with van der Waals surface area (Å²) in [6.45, 7) is 4.06. The maximum Gasteiger partial charge on any atom is 0.191 e. The second kappa shape index (κ2) is 6.76. The van der Waals surface area contributed by atoms with E-state index in [2.05, 4.69) is 30.7 Å². The molecule has 1 saturated carbocycles. The molecule has 1 unspecified atom stereocenters. The number of rotatable bonds is 5. The summed E-state index contributed by atoms with van der Waals surface area (Å²) < 4.78 is 1.99. The van der Waals surface area contributed by atoms with Gasteiger partial charge in [0.15, 0.2) is 17.4 Å². The molecule has 0 aromatic carbocycles. The minimum atomic E-state index is 0.601. The highest BCUT2D eigenvalue weighted by molar-refractivity contribution is 5.79. The zero-order chi connectivity index (χ0) is 16.4. The summed E-state index contributed by atoms with van der Waals surface area (Å²) in [7, 11) is 1.81. The molecule has 0 radical (unpaired) electrons. The zero-order valence-corrected chi connectivity index (χ0v) is 14.1. The van der Waals surface area contributed by atoms with Gasteiger partial charge in [-0.15, -0.1) is 10.2 Å². The first-order chi connectivity index (χ1) is 11.8. The number of hydrogen-bond acceptors (Lipinski definition) is 4. The maximum absolute atomic E-state index is 4.32. The van der Waals surface area contributed by atoms with E-state index in [0.717, 1.165) is 35.9 Å². The van der Waals surface area contributed by atoms with E-state index in [4.69, 9.17) is 0 Å². The number of likely N-dealkylation sites (tertiary alicyclic amines) is 1. The van der Waals surface area contributed by atoms with Crippen molar-refractivity contribution in [2.24, 2.45) is 10.9 Å². The van der Waals surface area contributed by atoms with Gasteiger partial charge in [0.05, 0.1) is 6.54 Å². The van der Waals surface area contributed by atoms with Crippen molar-refractivity contribution in [1.29, 1.82) is 0 Å². The maximum atomic E-state index is 4.32. The molecule has 0 bridgehead atoms. The second-order valence-electron chi connectivity index (χ2n) is 6.73. The van der Waals surface area contributed by atoms with Gasteiger partial charge in [0.1, 0.15) is 0 Å². The first-order valence-electron chi connectivity index (χ1n) is 8.80. The van der Waals surface area contributed by atoms with Gasteiger partial charge in [-0.3, -0.25) is 9.39 Å². The number of nitrogens with one attached hydrogen (secondary N) is 2. The van der Waals surface area contributed by atoms with Crippen LogP contribution < -0.4 is 10.6 Å². The van der Waals surface area contributed by atoms with Gasteiger partial charge in [-0.05, 0) is 43.9 Å². The normalized spacial score (nSPS) is 22.2. The van der Waals surface area contributed by atoms with Crippen LogP contribution in [0.25, 0.3) is 5.65 Å². The van der Waals surface area contributed by atoms with Crippen LogP contribution in [0.3, 0.4) is 0 Å². The molecule has 7 nitrogen and oxygen atoms in total. The third-order valence-corrected chi connectivity index (χ3v) is 4.96. The lowest BCUT2D eigenvalue weighted by Crippen LogP contribution is -2.40. The Morgan fingerprint density at radius 2 is 2.17 bits per heavy atom. The van der Waals surface area contributed by atoms with Crippen molar-refractivity contribution in [2.75, 3.05) is 26.7 Å². The molecule has 0 spiro atoms. The molecule has 3 heterocycles. The summed E-state index contributed by atoms with van der Waals surface area (Å²) >= 11 is 0. The van der Waals surface area contributed by atoms with Crippen LogP contribution in [0.1, 0.15) is 25.1 Å². The number of hydrogen-bond donors (Lipinski definition) is 2. The second-order valence-corrected chi connectivity index (χ2v) is 6.73. The summed E-state index contributed by atoms with van der Waals surface area (Å²) in [5.74, 6) is 2.43. The molecule has 1 aliphatic carbocycles. The van der Waals surface area contributed by atoms with Crippen LogP contribution >= 0.6 is 0 Å². The van der Waals surface area contributed by atoms with E-state index < -0.39 is 0 Å². The molecule has 1 aliphatic heterocycles. The van der Waals surface area contributed by atoms with Crippen LogP contribution in [0.2, 0.25) is 0 Å². The van der Waals surface area contributed by atoms with E-state index in [1.54, 1.807) is 0 Å². The van der Waals surface area contributed by atoms with Crippen molar-refractivity contribution in [2.45, 2.75) is 31.8 Å². The standard InChI is InChI=1S/C17H25N7/c1-18-17(19-10-13-7-9-23(12-13)14-5-6-14)20-11-16-22-21-15-4-2-3-8-24(15)16/h2-4,8,13-14H,5-7,9-12H2,1H3,(H2,18,19,20). The molecule has 2 N–H and O–H groups in total. The van der Waals surface area contributed by atoms with E-state index in [-0.39, 0.29) is 0 Å². The molecule has 4 rings (SSSR count). The fourth-order valence-corrected chi connectivity index (χ4v) is 3.44. The Kier molecular flexibility index (Phi) is 4.34. The van der Waals surface area contributed by atoms with Gasteiger partial charge in [-0.1, -0.05) is 6.07 Å². The summed E-state index contributed by atoms with van der Waals surface area (Å²) in [5.41, 5.74) is 0.864. The Hall–Kier alpha value is -2.15. The van der Waals surface area contributed by atoms with Crippen LogP contribution in [0.5, 0.6) is 0 Å². The summed E-state index contributed by atoms with van der Waals surface area (Å²) in [5, 5.41) is 15.2. The fourth-order valence-electron chi connectivity index (χ4n) is 3.44. The van der Waals surface area contributed by atoms with Crippen molar-refractivity contribution in [3.63, 3.8) is 0 Å². The quantitative estimate of drug-likeness (QED) is 0.630. The minimum Gasteiger partial charge on any atom is -0.356 e. The molecule has 2 aromatic rings. The Labute approximate surface area is 142 Å². The zero-order valence-electron chi connectivity index (χ0n) is 14.1. The molecule has 128 valence electrons. The van der Waals surface area contributed by atoms with Crippen LogP contribution in [0.15, 0.2) is 29.4 Å². The topological polar surface area (TPSA) is 69.8 Å². The highest BCUT2D eigenvalue weighted by Crippen LogP contribution is 2.31. The first kappa shape index (κ1) is 15.4. The van der Waals surface area contributed by atoms with E-state index in [1.165, 1.54) is 32.4 Å². The number of aromatic nitrogens is 3. The van der Waals surface area contributed by atoms with Crippen molar-refractivity contribution in [1.82, 2.24) is 30.1 Å². The summed E-state index contributed by atoms with van der Waals surface area (Å²) in [6, 6.07) is 6.79.